The first-order chi connectivity index (χ1) is 8.58. The minimum atomic E-state index is -0.137. The van der Waals surface area contributed by atoms with Gasteiger partial charge < -0.3 is 15.8 Å². The number of rotatable bonds is 6. The number of hydrogen-bond acceptors (Lipinski definition) is 3. The van der Waals surface area contributed by atoms with E-state index < -0.39 is 0 Å². The van der Waals surface area contributed by atoms with Crippen LogP contribution in [0, 0.1) is 0 Å². The van der Waals surface area contributed by atoms with E-state index in [9.17, 15) is 4.79 Å². The Bertz CT molecular complexity index is 402. The lowest BCUT2D eigenvalue weighted by atomic mass is 10.1. The van der Waals surface area contributed by atoms with Crippen LogP contribution in [0.3, 0.4) is 0 Å². The molecule has 0 spiro atoms. The molecule has 3 N–H and O–H groups in total. The molecule has 6 heteroatoms. The van der Waals surface area contributed by atoms with Crippen LogP contribution >= 0.6 is 31.9 Å². The molecule has 0 saturated carbocycles. The van der Waals surface area contributed by atoms with Crippen molar-refractivity contribution in [2.45, 2.75) is 13.3 Å². The quantitative estimate of drug-likeness (QED) is 0.796. The van der Waals surface area contributed by atoms with Crippen molar-refractivity contribution in [1.29, 1.82) is 0 Å². The molecule has 0 fully saturated rings. The van der Waals surface area contributed by atoms with E-state index in [1.807, 2.05) is 19.1 Å². The Morgan fingerprint density at radius 2 is 2.00 bits per heavy atom. The molecule has 0 atom stereocenters. The molecule has 0 aromatic heterocycles. The number of benzene rings is 1. The zero-order valence-electron chi connectivity index (χ0n) is 10.1. The summed E-state index contributed by atoms with van der Waals surface area (Å²) in [5, 5.41) is 2.68. The average Bonchev–Trinajstić information content (AvgIpc) is 2.28. The lowest BCUT2D eigenvalue weighted by molar-refractivity contribution is -0.123. The normalized spacial score (nSPS) is 10.2. The fraction of sp³-hybridized carbons (Fsp3) is 0.417. The Morgan fingerprint density at radius 1 is 1.39 bits per heavy atom. The van der Waals surface area contributed by atoms with Crippen molar-refractivity contribution < 1.29 is 9.53 Å². The first kappa shape index (κ1) is 15.5. The number of carbonyl (C=O) groups is 1. The van der Waals surface area contributed by atoms with Crippen molar-refractivity contribution in [3.05, 3.63) is 26.6 Å². The fourth-order valence-electron chi connectivity index (χ4n) is 1.45. The minimum absolute atomic E-state index is 0.00127. The number of hydrogen-bond donors (Lipinski definition) is 2. The van der Waals surface area contributed by atoms with Gasteiger partial charge in [-0.15, -0.1) is 0 Å². The van der Waals surface area contributed by atoms with Crippen molar-refractivity contribution in [2.75, 3.05) is 19.7 Å². The highest BCUT2D eigenvalue weighted by Crippen LogP contribution is 2.34. The molecule has 0 aliphatic heterocycles. The van der Waals surface area contributed by atoms with Crippen molar-refractivity contribution >= 4 is 37.8 Å². The molecule has 1 aromatic carbocycles. The van der Waals surface area contributed by atoms with Crippen molar-refractivity contribution in [3.8, 4) is 5.75 Å². The summed E-state index contributed by atoms with van der Waals surface area (Å²) in [5.74, 6) is 0.490. The van der Waals surface area contributed by atoms with Gasteiger partial charge in [0.2, 0.25) is 0 Å². The molecular weight excluding hydrogens is 364 g/mol. The summed E-state index contributed by atoms with van der Waals surface area (Å²) in [7, 11) is 0. The van der Waals surface area contributed by atoms with Gasteiger partial charge in [0.05, 0.1) is 8.95 Å². The number of halogens is 2. The summed E-state index contributed by atoms with van der Waals surface area (Å²) in [6, 6.07) is 3.90. The van der Waals surface area contributed by atoms with Crippen LogP contribution in [0.2, 0.25) is 0 Å². The summed E-state index contributed by atoms with van der Waals surface area (Å²) in [6.45, 7) is 3.06. The predicted molar refractivity (Wildman–Crippen MR) is 78.8 cm³/mol. The SMILES string of the molecule is CCNC(=O)COc1c(Br)cc(CCN)cc1Br. The van der Waals surface area contributed by atoms with Gasteiger partial charge in [-0.1, -0.05) is 0 Å². The number of ether oxygens (including phenoxy) is 1. The standard InChI is InChI=1S/C12H16Br2N2O2/c1-2-16-11(17)7-18-12-9(13)5-8(3-4-15)6-10(12)14/h5-6H,2-4,7,15H2,1H3,(H,16,17). The van der Waals surface area contributed by atoms with Gasteiger partial charge >= 0.3 is 0 Å². The van der Waals surface area contributed by atoms with Gasteiger partial charge in [0.1, 0.15) is 5.75 Å². The van der Waals surface area contributed by atoms with E-state index in [0.717, 1.165) is 20.9 Å². The molecule has 0 saturated heterocycles. The highest BCUT2D eigenvalue weighted by Gasteiger charge is 2.10. The molecule has 4 nitrogen and oxygen atoms in total. The van der Waals surface area contributed by atoms with Crippen LogP contribution in [-0.4, -0.2) is 25.6 Å². The van der Waals surface area contributed by atoms with Gasteiger partial charge in [-0.05, 0) is 69.4 Å². The second-order valence-corrected chi connectivity index (χ2v) is 5.38. The first-order valence-electron chi connectivity index (χ1n) is 5.66. The van der Waals surface area contributed by atoms with Gasteiger partial charge in [0.15, 0.2) is 6.61 Å². The third-order valence-electron chi connectivity index (χ3n) is 2.21. The maximum absolute atomic E-state index is 11.3. The van der Waals surface area contributed by atoms with Crippen LogP contribution in [0.5, 0.6) is 5.75 Å². The third-order valence-corrected chi connectivity index (χ3v) is 3.39. The second-order valence-electron chi connectivity index (χ2n) is 3.67. The highest BCUT2D eigenvalue weighted by atomic mass is 79.9. The molecule has 100 valence electrons. The second kappa shape index (κ2) is 7.76. The molecule has 18 heavy (non-hydrogen) atoms. The number of nitrogens with one attached hydrogen (secondary N) is 1. The molecule has 0 aliphatic rings. The van der Waals surface area contributed by atoms with E-state index in [1.54, 1.807) is 0 Å². The Balaban J connectivity index is 2.74. The Labute approximate surface area is 124 Å². The van der Waals surface area contributed by atoms with Crippen LogP contribution in [0.1, 0.15) is 12.5 Å². The summed E-state index contributed by atoms with van der Waals surface area (Å²) in [5.41, 5.74) is 6.63. The van der Waals surface area contributed by atoms with Crippen LogP contribution in [0.25, 0.3) is 0 Å². The highest BCUT2D eigenvalue weighted by molar-refractivity contribution is 9.11. The summed E-state index contributed by atoms with van der Waals surface area (Å²) in [6.07, 6.45) is 0.799. The van der Waals surface area contributed by atoms with E-state index >= 15 is 0 Å². The Morgan fingerprint density at radius 3 is 2.50 bits per heavy atom. The van der Waals surface area contributed by atoms with Gasteiger partial charge in [-0.25, -0.2) is 0 Å². The summed E-state index contributed by atoms with van der Waals surface area (Å²) >= 11 is 6.86. The van der Waals surface area contributed by atoms with Gasteiger partial charge in [-0.2, -0.15) is 0 Å². The molecule has 1 aromatic rings. The van der Waals surface area contributed by atoms with Crippen LogP contribution in [0.15, 0.2) is 21.1 Å². The first-order valence-corrected chi connectivity index (χ1v) is 7.24. The lowest BCUT2D eigenvalue weighted by Crippen LogP contribution is -2.28. The monoisotopic (exact) mass is 378 g/mol. The van der Waals surface area contributed by atoms with Crippen molar-refractivity contribution in [3.63, 3.8) is 0 Å². The van der Waals surface area contributed by atoms with Crippen molar-refractivity contribution in [1.82, 2.24) is 5.32 Å². The van der Waals surface area contributed by atoms with Gasteiger partial charge in [0, 0.05) is 6.54 Å². The molecule has 0 bridgehead atoms. The van der Waals surface area contributed by atoms with Crippen LogP contribution in [0.4, 0.5) is 0 Å². The number of carbonyl (C=O) groups excluding carboxylic acids is 1. The van der Waals surface area contributed by atoms with Gasteiger partial charge in [-0.3, -0.25) is 4.79 Å². The maximum Gasteiger partial charge on any atom is 0.257 e. The summed E-state index contributed by atoms with van der Waals surface area (Å²) < 4.78 is 7.10. The minimum Gasteiger partial charge on any atom is -0.481 e. The Kier molecular flexibility index (Phi) is 6.67. The third kappa shape index (κ3) is 4.59. The predicted octanol–water partition coefficient (Wildman–Crippen LogP) is 2.23. The fourth-order valence-corrected chi connectivity index (χ4v) is 2.96. The van der Waals surface area contributed by atoms with Crippen LogP contribution < -0.4 is 15.8 Å². The molecule has 0 unspecified atom stereocenters. The van der Waals surface area contributed by atoms with Crippen molar-refractivity contribution in [2.24, 2.45) is 5.73 Å². The maximum atomic E-state index is 11.3. The molecule has 1 amide bonds. The smallest absolute Gasteiger partial charge is 0.257 e. The zero-order valence-corrected chi connectivity index (χ0v) is 13.3. The van der Waals surface area contributed by atoms with E-state index in [0.29, 0.717) is 18.8 Å². The molecule has 0 aliphatic carbocycles. The van der Waals surface area contributed by atoms with E-state index in [-0.39, 0.29) is 12.5 Å². The van der Waals surface area contributed by atoms with Crippen LogP contribution in [-0.2, 0) is 11.2 Å². The lowest BCUT2D eigenvalue weighted by Gasteiger charge is -2.11. The van der Waals surface area contributed by atoms with E-state index in [1.165, 1.54) is 0 Å². The Hall–Kier alpha value is -0.590. The molecule has 0 radical (unpaired) electrons. The number of nitrogens with two attached hydrogens (primary N) is 1. The number of amides is 1. The van der Waals surface area contributed by atoms with E-state index in [4.69, 9.17) is 10.5 Å². The topological polar surface area (TPSA) is 64.3 Å². The average molecular weight is 380 g/mol. The molecular formula is C12H16Br2N2O2. The molecule has 1 rings (SSSR count). The van der Waals surface area contributed by atoms with Gasteiger partial charge in [0.25, 0.3) is 5.91 Å². The van der Waals surface area contributed by atoms with E-state index in [2.05, 4.69) is 37.2 Å². The zero-order chi connectivity index (χ0) is 13.5. The molecule has 0 heterocycles. The summed E-state index contributed by atoms with van der Waals surface area (Å²) in [4.78, 5) is 11.3. The number of likely N-dealkylation sites (N-methyl/N-ethyl adjacent to an activating group) is 1. The largest absolute Gasteiger partial charge is 0.481 e.